The van der Waals surface area contributed by atoms with Crippen LogP contribution < -0.4 is 5.46 Å². The minimum atomic E-state index is 0.626. The predicted molar refractivity (Wildman–Crippen MR) is 34.4 cm³/mol. The number of hydrogen-bond acceptors (Lipinski definition) is 3. The van der Waals surface area contributed by atoms with E-state index in [4.69, 9.17) is 5.02 Å². The summed E-state index contributed by atoms with van der Waals surface area (Å²) in [6, 6.07) is 0. The van der Waals surface area contributed by atoms with E-state index in [-0.39, 0.29) is 0 Å². The molecule has 0 aliphatic heterocycles. The maximum absolute atomic E-state index is 8.42. The number of nitrogens with zero attached hydrogens (tertiary/aromatic N) is 2. The van der Waals surface area contributed by atoms with Crippen LogP contribution in [0.4, 0.5) is 0 Å². The number of aryl methyl sites for hydroxylation is 1. The summed E-state index contributed by atoms with van der Waals surface area (Å²) in [5.74, 6) is 0.709. The molecule has 0 saturated carbocycles. The van der Waals surface area contributed by atoms with Crippen LogP contribution >= 0.6 is 0 Å². The van der Waals surface area contributed by atoms with Gasteiger partial charge in [0.15, 0.2) is 0 Å². The number of aromatic nitrogens is 2. The largest absolute Gasteiger partial charge is 0.450 e. The number of hydrogen-bond donors (Lipinski definition) is 1. The van der Waals surface area contributed by atoms with Gasteiger partial charge in [0.1, 0.15) is 5.82 Å². The second-order valence-corrected chi connectivity index (χ2v) is 1.69. The molecule has 0 unspecified atom stereocenters. The van der Waals surface area contributed by atoms with E-state index < -0.39 is 0 Å². The molecule has 0 spiro atoms. The molecule has 0 aromatic carbocycles. The highest BCUT2D eigenvalue weighted by molar-refractivity contribution is 6.45. The second kappa shape index (κ2) is 2.59. The van der Waals surface area contributed by atoms with Gasteiger partial charge in [-0.2, -0.15) is 0 Å². The second-order valence-electron chi connectivity index (χ2n) is 1.69. The Morgan fingerprint density at radius 3 is 2.44 bits per heavy atom. The summed E-state index contributed by atoms with van der Waals surface area (Å²) in [4.78, 5) is 7.70. The third kappa shape index (κ3) is 1.50. The van der Waals surface area contributed by atoms with Crippen molar-refractivity contribution in [3.8, 4) is 0 Å². The van der Waals surface area contributed by atoms with E-state index in [1.165, 1.54) is 0 Å². The third-order valence-electron chi connectivity index (χ3n) is 0.950. The summed E-state index contributed by atoms with van der Waals surface area (Å²) in [5, 5.41) is 8.42. The molecule has 1 aromatic rings. The monoisotopic (exact) mass is 121 g/mol. The van der Waals surface area contributed by atoms with Crippen molar-refractivity contribution in [3.05, 3.63) is 18.2 Å². The Morgan fingerprint density at radius 1 is 1.44 bits per heavy atom. The molecule has 0 atom stereocenters. The fourth-order valence-corrected chi connectivity index (χ4v) is 0.469. The van der Waals surface area contributed by atoms with Crippen LogP contribution in [0.1, 0.15) is 5.82 Å². The Labute approximate surface area is 54.1 Å². The molecule has 0 aliphatic rings. The molecular weight excluding hydrogens is 115 g/mol. The summed E-state index contributed by atoms with van der Waals surface area (Å²) >= 11 is 0. The lowest BCUT2D eigenvalue weighted by molar-refractivity contribution is 0.615. The normalized spacial score (nSPS) is 9.11. The molecule has 1 rings (SSSR count). The zero-order valence-electron chi connectivity index (χ0n) is 5.07. The van der Waals surface area contributed by atoms with Gasteiger partial charge in [0.2, 0.25) is 0 Å². The SMILES string of the molecule is Cc1ncc([B]O)cn1. The molecule has 0 saturated heterocycles. The Morgan fingerprint density at radius 2 is 2.00 bits per heavy atom. The minimum Gasteiger partial charge on any atom is -0.450 e. The van der Waals surface area contributed by atoms with Crippen LogP contribution in [0, 0.1) is 6.92 Å². The Hall–Kier alpha value is -0.895. The van der Waals surface area contributed by atoms with Gasteiger partial charge in [0, 0.05) is 12.4 Å². The van der Waals surface area contributed by atoms with Crippen molar-refractivity contribution in [1.82, 2.24) is 9.97 Å². The molecule has 1 N–H and O–H groups in total. The third-order valence-corrected chi connectivity index (χ3v) is 0.950. The first kappa shape index (κ1) is 6.23. The van der Waals surface area contributed by atoms with Crippen molar-refractivity contribution >= 4 is 12.9 Å². The molecule has 9 heavy (non-hydrogen) atoms. The van der Waals surface area contributed by atoms with Gasteiger partial charge in [0.25, 0.3) is 0 Å². The Balaban J connectivity index is 2.88. The Bertz CT molecular complexity index is 187. The minimum absolute atomic E-state index is 0.626. The number of rotatable bonds is 1. The van der Waals surface area contributed by atoms with E-state index in [0.717, 1.165) is 7.48 Å². The van der Waals surface area contributed by atoms with Crippen LogP contribution in [0.5, 0.6) is 0 Å². The van der Waals surface area contributed by atoms with Crippen molar-refractivity contribution in [3.63, 3.8) is 0 Å². The summed E-state index contributed by atoms with van der Waals surface area (Å²) in [6.45, 7) is 1.79. The van der Waals surface area contributed by atoms with Gasteiger partial charge >= 0.3 is 7.48 Å². The molecule has 0 fully saturated rings. The highest BCUT2D eigenvalue weighted by atomic mass is 16.2. The van der Waals surface area contributed by atoms with E-state index in [9.17, 15) is 0 Å². The van der Waals surface area contributed by atoms with Crippen LogP contribution in [-0.4, -0.2) is 22.5 Å². The lowest BCUT2D eigenvalue weighted by atomic mass is 9.92. The molecule has 4 heteroatoms. The fourth-order valence-electron chi connectivity index (χ4n) is 0.469. The fraction of sp³-hybridized carbons (Fsp3) is 0.200. The molecular formula is C5H6BN2O. The lowest BCUT2D eigenvalue weighted by Gasteiger charge is -1.90. The van der Waals surface area contributed by atoms with Gasteiger partial charge in [-0.05, 0) is 12.4 Å². The smallest absolute Gasteiger partial charge is 0.329 e. The molecule has 0 bridgehead atoms. The highest BCUT2D eigenvalue weighted by Crippen LogP contribution is 1.77. The molecule has 0 amide bonds. The average molecular weight is 121 g/mol. The van der Waals surface area contributed by atoms with E-state index in [1.54, 1.807) is 19.3 Å². The van der Waals surface area contributed by atoms with Crippen molar-refractivity contribution in [2.45, 2.75) is 6.92 Å². The average Bonchev–Trinajstić information content (AvgIpc) is 1.90. The van der Waals surface area contributed by atoms with E-state index in [0.29, 0.717) is 11.3 Å². The first-order valence-corrected chi connectivity index (χ1v) is 2.59. The molecule has 1 heterocycles. The van der Waals surface area contributed by atoms with E-state index in [2.05, 4.69) is 9.97 Å². The maximum atomic E-state index is 8.42. The van der Waals surface area contributed by atoms with E-state index in [1.807, 2.05) is 0 Å². The molecule has 3 nitrogen and oxygen atoms in total. The van der Waals surface area contributed by atoms with E-state index >= 15 is 0 Å². The lowest BCUT2D eigenvalue weighted by Crippen LogP contribution is -2.14. The van der Waals surface area contributed by atoms with Crippen LogP contribution in [-0.2, 0) is 0 Å². The first-order chi connectivity index (χ1) is 4.33. The highest BCUT2D eigenvalue weighted by Gasteiger charge is 1.91. The quantitative estimate of drug-likeness (QED) is 0.485. The van der Waals surface area contributed by atoms with Gasteiger partial charge < -0.3 is 5.02 Å². The van der Waals surface area contributed by atoms with Gasteiger partial charge in [-0.1, -0.05) is 0 Å². The van der Waals surface area contributed by atoms with Gasteiger partial charge in [0.05, 0.1) is 0 Å². The van der Waals surface area contributed by atoms with Crippen LogP contribution in [0.3, 0.4) is 0 Å². The molecule has 0 aliphatic carbocycles. The zero-order chi connectivity index (χ0) is 6.69. The van der Waals surface area contributed by atoms with Crippen LogP contribution in [0.2, 0.25) is 0 Å². The Kier molecular flexibility index (Phi) is 1.79. The predicted octanol–water partition coefficient (Wildman–Crippen LogP) is -0.978. The zero-order valence-corrected chi connectivity index (χ0v) is 5.07. The molecule has 1 radical (unpaired) electrons. The summed E-state index contributed by atoms with van der Waals surface area (Å²) < 4.78 is 0. The maximum Gasteiger partial charge on any atom is 0.329 e. The van der Waals surface area contributed by atoms with Crippen LogP contribution in [0.15, 0.2) is 12.4 Å². The van der Waals surface area contributed by atoms with Crippen molar-refractivity contribution in [2.75, 3.05) is 0 Å². The van der Waals surface area contributed by atoms with Crippen molar-refractivity contribution in [2.24, 2.45) is 0 Å². The molecule has 45 valence electrons. The summed E-state index contributed by atoms with van der Waals surface area (Å²) in [5.41, 5.74) is 0.626. The first-order valence-electron chi connectivity index (χ1n) is 2.59. The molecule has 1 aromatic heterocycles. The van der Waals surface area contributed by atoms with Gasteiger partial charge in [-0.3, -0.25) is 0 Å². The van der Waals surface area contributed by atoms with Crippen molar-refractivity contribution < 1.29 is 5.02 Å². The van der Waals surface area contributed by atoms with Crippen LogP contribution in [0.25, 0.3) is 0 Å². The summed E-state index contributed by atoms with van der Waals surface area (Å²) in [7, 11) is 0.972. The topological polar surface area (TPSA) is 46.0 Å². The van der Waals surface area contributed by atoms with Gasteiger partial charge in [-0.15, -0.1) is 0 Å². The van der Waals surface area contributed by atoms with Gasteiger partial charge in [-0.25, -0.2) is 9.97 Å². The van der Waals surface area contributed by atoms with Crippen molar-refractivity contribution in [1.29, 1.82) is 0 Å². The standard InChI is InChI=1S/C5H6BN2O/c1-4-7-2-5(6-9)3-8-4/h2-3,9H,1H3. The summed E-state index contributed by atoms with van der Waals surface area (Å²) in [6.07, 6.45) is 3.12.